The van der Waals surface area contributed by atoms with Crippen molar-refractivity contribution in [2.75, 3.05) is 13.1 Å². The van der Waals surface area contributed by atoms with E-state index in [0.29, 0.717) is 6.54 Å². The van der Waals surface area contributed by atoms with E-state index in [1.165, 1.54) is 6.92 Å². The normalized spacial score (nSPS) is 12.5. The van der Waals surface area contributed by atoms with Crippen molar-refractivity contribution in [2.24, 2.45) is 0 Å². The van der Waals surface area contributed by atoms with Crippen LogP contribution in [0.15, 0.2) is 29.2 Å². The average molecular weight is 345 g/mol. The SMILES string of the molecule is CCNC(=O)[C@H](C)NC(=O)CCNS(=O)(=O)c1ccc(F)cc1. The summed E-state index contributed by atoms with van der Waals surface area (Å²) in [6.45, 7) is 3.62. The Kier molecular flexibility index (Phi) is 7.11. The van der Waals surface area contributed by atoms with Gasteiger partial charge in [-0.3, -0.25) is 9.59 Å². The fraction of sp³-hybridized carbons (Fsp3) is 0.429. The van der Waals surface area contributed by atoms with E-state index in [9.17, 15) is 22.4 Å². The fourth-order valence-corrected chi connectivity index (χ4v) is 2.73. The number of amides is 2. The lowest BCUT2D eigenvalue weighted by molar-refractivity contribution is -0.128. The van der Waals surface area contributed by atoms with E-state index in [0.717, 1.165) is 24.3 Å². The van der Waals surface area contributed by atoms with Gasteiger partial charge in [-0.15, -0.1) is 0 Å². The van der Waals surface area contributed by atoms with E-state index in [2.05, 4.69) is 15.4 Å². The fourth-order valence-electron chi connectivity index (χ4n) is 1.70. The van der Waals surface area contributed by atoms with Crippen LogP contribution >= 0.6 is 0 Å². The molecule has 1 atom stereocenters. The molecular weight excluding hydrogens is 325 g/mol. The number of hydrogen-bond acceptors (Lipinski definition) is 4. The van der Waals surface area contributed by atoms with Crippen molar-refractivity contribution >= 4 is 21.8 Å². The third kappa shape index (κ3) is 6.33. The van der Waals surface area contributed by atoms with Crippen LogP contribution in [0.4, 0.5) is 4.39 Å². The van der Waals surface area contributed by atoms with Crippen LogP contribution in [0.5, 0.6) is 0 Å². The molecule has 0 heterocycles. The Morgan fingerprint density at radius 3 is 2.39 bits per heavy atom. The number of nitrogens with one attached hydrogen (secondary N) is 3. The lowest BCUT2D eigenvalue weighted by Gasteiger charge is -2.13. The van der Waals surface area contributed by atoms with Crippen LogP contribution in [-0.2, 0) is 19.6 Å². The number of rotatable bonds is 8. The van der Waals surface area contributed by atoms with Crippen molar-refractivity contribution in [1.82, 2.24) is 15.4 Å². The Balaban J connectivity index is 2.45. The quantitative estimate of drug-likeness (QED) is 0.623. The predicted octanol–water partition coefficient (Wildman–Crippen LogP) is 0.135. The molecule has 0 saturated heterocycles. The molecule has 1 aromatic rings. The lowest BCUT2D eigenvalue weighted by Crippen LogP contribution is -2.45. The van der Waals surface area contributed by atoms with E-state index in [4.69, 9.17) is 0 Å². The standard InChI is InChI=1S/C14H20FN3O4S/c1-3-16-14(20)10(2)18-13(19)8-9-17-23(21,22)12-6-4-11(15)5-7-12/h4-7,10,17H,3,8-9H2,1-2H3,(H,16,20)(H,18,19)/t10-/m0/s1. The second kappa shape index (κ2) is 8.59. The molecule has 9 heteroatoms. The molecule has 0 saturated carbocycles. The highest BCUT2D eigenvalue weighted by Crippen LogP contribution is 2.09. The largest absolute Gasteiger partial charge is 0.355 e. The van der Waals surface area contributed by atoms with Crippen molar-refractivity contribution in [1.29, 1.82) is 0 Å². The maximum Gasteiger partial charge on any atom is 0.242 e. The summed E-state index contributed by atoms with van der Waals surface area (Å²) in [6.07, 6.45) is -0.121. The first kappa shape index (κ1) is 19.0. The number of benzene rings is 1. The van der Waals surface area contributed by atoms with Gasteiger partial charge in [-0.05, 0) is 38.1 Å². The molecule has 0 bridgehead atoms. The molecule has 1 aromatic carbocycles. The van der Waals surface area contributed by atoms with Crippen molar-refractivity contribution < 1.29 is 22.4 Å². The van der Waals surface area contributed by atoms with Gasteiger partial charge in [-0.1, -0.05) is 0 Å². The Hall–Kier alpha value is -2.00. The summed E-state index contributed by atoms with van der Waals surface area (Å²) in [6, 6.07) is 3.64. The first-order chi connectivity index (χ1) is 10.8. The van der Waals surface area contributed by atoms with Crippen molar-refractivity contribution in [2.45, 2.75) is 31.2 Å². The van der Waals surface area contributed by atoms with Crippen molar-refractivity contribution in [3.8, 4) is 0 Å². The topological polar surface area (TPSA) is 104 Å². The number of sulfonamides is 1. The third-order valence-corrected chi connectivity index (χ3v) is 4.37. The Morgan fingerprint density at radius 1 is 1.22 bits per heavy atom. The lowest BCUT2D eigenvalue weighted by atomic mass is 10.3. The minimum atomic E-state index is -3.80. The Morgan fingerprint density at radius 2 is 1.83 bits per heavy atom. The van der Waals surface area contributed by atoms with E-state index < -0.39 is 27.8 Å². The van der Waals surface area contributed by atoms with Gasteiger partial charge in [-0.2, -0.15) is 0 Å². The summed E-state index contributed by atoms with van der Waals surface area (Å²) in [5, 5.41) is 5.02. The maximum atomic E-state index is 12.8. The van der Waals surface area contributed by atoms with Gasteiger partial charge in [0.25, 0.3) is 0 Å². The maximum absolute atomic E-state index is 12.8. The zero-order chi connectivity index (χ0) is 17.5. The van der Waals surface area contributed by atoms with E-state index >= 15 is 0 Å². The smallest absolute Gasteiger partial charge is 0.242 e. The summed E-state index contributed by atoms with van der Waals surface area (Å²) in [5.74, 6) is -1.30. The highest BCUT2D eigenvalue weighted by molar-refractivity contribution is 7.89. The van der Waals surface area contributed by atoms with Crippen molar-refractivity contribution in [3.63, 3.8) is 0 Å². The third-order valence-electron chi connectivity index (χ3n) is 2.89. The van der Waals surface area contributed by atoms with Crippen LogP contribution < -0.4 is 15.4 Å². The predicted molar refractivity (Wildman–Crippen MR) is 82.5 cm³/mol. The molecule has 2 amide bonds. The van der Waals surface area contributed by atoms with Gasteiger partial charge < -0.3 is 10.6 Å². The van der Waals surface area contributed by atoms with Gasteiger partial charge in [0, 0.05) is 19.5 Å². The van der Waals surface area contributed by atoms with Crippen molar-refractivity contribution in [3.05, 3.63) is 30.1 Å². The molecule has 0 radical (unpaired) electrons. The van der Waals surface area contributed by atoms with Gasteiger partial charge >= 0.3 is 0 Å². The van der Waals surface area contributed by atoms with E-state index in [1.54, 1.807) is 6.92 Å². The van der Waals surface area contributed by atoms with Crippen LogP contribution in [0.1, 0.15) is 20.3 Å². The summed E-state index contributed by atoms with van der Waals surface area (Å²) in [4.78, 5) is 23.0. The monoisotopic (exact) mass is 345 g/mol. The first-order valence-electron chi connectivity index (χ1n) is 7.08. The molecule has 0 spiro atoms. The first-order valence-corrected chi connectivity index (χ1v) is 8.57. The zero-order valence-electron chi connectivity index (χ0n) is 12.9. The molecule has 23 heavy (non-hydrogen) atoms. The molecule has 0 unspecified atom stereocenters. The molecule has 128 valence electrons. The number of hydrogen-bond donors (Lipinski definition) is 3. The molecule has 7 nitrogen and oxygen atoms in total. The molecule has 0 fully saturated rings. The second-order valence-electron chi connectivity index (χ2n) is 4.79. The highest BCUT2D eigenvalue weighted by Gasteiger charge is 2.16. The Labute approximate surface area is 134 Å². The molecule has 3 N–H and O–H groups in total. The molecule has 0 aliphatic carbocycles. The molecule has 0 aromatic heterocycles. The average Bonchev–Trinajstić information content (AvgIpc) is 2.47. The van der Waals surface area contributed by atoms with Gasteiger partial charge in [0.05, 0.1) is 4.90 Å². The minimum Gasteiger partial charge on any atom is -0.355 e. The molecule has 0 aliphatic rings. The van der Waals surface area contributed by atoms with Crippen LogP contribution in [0.25, 0.3) is 0 Å². The van der Waals surface area contributed by atoms with Gasteiger partial charge in [0.1, 0.15) is 11.9 Å². The van der Waals surface area contributed by atoms with Crippen LogP contribution in [-0.4, -0.2) is 39.4 Å². The van der Waals surface area contributed by atoms with Crippen LogP contribution in [0.3, 0.4) is 0 Å². The Bertz CT molecular complexity index is 646. The second-order valence-corrected chi connectivity index (χ2v) is 6.55. The molecular formula is C14H20FN3O4S. The van der Waals surface area contributed by atoms with Gasteiger partial charge in [0.15, 0.2) is 0 Å². The van der Waals surface area contributed by atoms with E-state index in [1.807, 2.05) is 0 Å². The van der Waals surface area contributed by atoms with Gasteiger partial charge in [-0.25, -0.2) is 17.5 Å². The summed E-state index contributed by atoms with van der Waals surface area (Å²) < 4.78 is 38.8. The highest BCUT2D eigenvalue weighted by atomic mass is 32.2. The number of halogens is 1. The number of likely N-dealkylation sites (N-methyl/N-ethyl adjacent to an activating group) is 1. The molecule has 0 aliphatic heterocycles. The molecule has 1 rings (SSSR count). The summed E-state index contributed by atoms with van der Waals surface area (Å²) >= 11 is 0. The van der Waals surface area contributed by atoms with Crippen LogP contribution in [0.2, 0.25) is 0 Å². The minimum absolute atomic E-state index is 0.0880. The number of carbonyl (C=O) groups is 2. The van der Waals surface area contributed by atoms with Crippen LogP contribution in [0, 0.1) is 5.82 Å². The number of carbonyl (C=O) groups excluding carboxylic acids is 2. The van der Waals surface area contributed by atoms with Gasteiger partial charge in [0.2, 0.25) is 21.8 Å². The summed E-state index contributed by atoms with van der Waals surface area (Å²) in [7, 11) is -3.80. The van der Waals surface area contributed by atoms with E-state index in [-0.39, 0.29) is 23.8 Å². The summed E-state index contributed by atoms with van der Waals surface area (Å²) in [5.41, 5.74) is 0. The zero-order valence-corrected chi connectivity index (χ0v) is 13.7.